The van der Waals surface area contributed by atoms with Crippen LogP contribution in [-0.4, -0.2) is 21.8 Å². The second-order valence-electron chi connectivity index (χ2n) is 3.31. The van der Waals surface area contributed by atoms with Crippen molar-refractivity contribution in [3.8, 4) is 0 Å². The van der Waals surface area contributed by atoms with Gasteiger partial charge in [-0.2, -0.15) is 0 Å². The fourth-order valence-electron chi connectivity index (χ4n) is 1.22. The summed E-state index contributed by atoms with van der Waals surface area (Å²) in [6, 6.07) is 8.24. The average molecular weight is 350 g/mol. The molecule has 0 aliphatic heterocycles. The van der Waals surface area contributed by atoms with Gasteiger partial charge in [0.2, 0.25) is 5.60 Å². The van der Waals surface area contributed by atoms with E-state index in [1.54, 1.807) is 30.3 Å². The van der Waals surface area contributed by atoms with Gasteiger partial charge in [0.15, 0.2) is 0 Å². The first-order valence-corrected chi connectivity index (χ1v) is 6.24. The maximum absolute atomic E-state index is 11.2. The molecule has 1 aromatic rings. The molecule has 17 heavy (non-hydrogen) atoms. The minimum Gasteiger partial charge on any atom is -0.478 e. The first-order chi connectivity index (χ1) is 8.00. The average Bonchev–Trinajstić information content (AvgIpc) is 2.30. The molecule has 0 saturated carbocycles. The molecule has 1 aromatic carbocycles. The highest BCUT2D eigenvalue weighted by atomic mass is 127. The predicted octanol–water partition coefficient (Wildman–Crippen LogP) is 2.53. The molecule has 0 fully saturated rings. The number of carboxylic acid groups (broad SMARTS) is 1. The molecular weight excluding hydrogens is 339 g/mol. The molecule has 0 aromatic heterocycles. The molecule has 5 nitrogen and oxygen atoms in total. The van der Waals surface area contributed by atoms with E-state index in [0.717, 1.165) is 0 Å². The predicted molar refractivity (Wildman–Crippen MR) is 67.9 cm³/mol. The van der Waals surface area contributed by atoms with Crippen molar-refractivity contribution in [2.75, 3.05) is 4.61 Å². The Kier molecular flexibility index (Phi) is 4.73. The van der Waals surface area contributed by atoms with Gasteiger partial charge in [-0.15, -0.1) is 0 Å². The standard InChI is InChI=1S/C11H11IO5/c1-11(9(13)14,17-10(15)16-7-12)8-5-3-2-4-6-8/h2-6H,7H2,1H3,(H,13,14). The van der Waals surface area contributed by atoms with E-state index in [-0.39, 0.29) is 4.61 Å². The number of rotatable bonds is 4. The molecular formula is C11H11IO5. The van der Waals surface area contributed by atoms with Gasteiger partial charge < -0.3 is 14.6 Å². The fourth-order valence-corrected chi connectivity index (χ4v) is 1.48. The van der Waals surface area contributed by atoms with Crippen molar-refractivity contribution in [2.45, 2.75) is 12.5 Å². The van der Waals surface area contributed by atoms with E-state index < -0.39 is 17.7 Å². The Balaban J connectivity index is 2.99. The van der Waals surface area contributed by atoms with Crippen molar-refractivity contribution in [1.29, 1.82) is 0 Å². The summed E-state index contributed by atoms with van der Waals surface area (Å²) >= 11 is 1.82. The van der Waals surface area contributed by atoms with E-state index in [0.29, 0.717) is 5.56 Å². The van der Waals surface area contributed by atoms with Gasteiger partial charge in [-0.25, -0.2) is 9.59 Å². The molecule has 0 aliphatic rings. The lowest BCUT2D eigenvalue weighted by Crippen LogP contribution is -2.37. The maximum atomic E-state index is 11.2. The highest BCUT2D eigenvalue weighted by molar-refractivity contribution is 14.1. The topological polar surface area (TPSA) is 72.8 Å². The zero-order chi connectivity index (χ0) is 12.9. The lowest BCUT2D eigenvalue weighted by atomic mass is 9.96. The van der Waals surface area contributed by atoms with Crippen molar-refractivity contribution >= 4 is 34.7 Å². The summed E-state index contributed by atoms with van der Waals surface area (Å²) in [5, 5.41) is 9.17. The zero-order valence-electron chi connectivity index (χ0n) is 9.05. The van der Waals surface area contributed by atoms with E-state index in [1.807, 2.05) is 22.6 Å². The molecule has 0 spiro atoms. The third-order valence-electron chi connectivity index (χ3n) is 2.19. The molecule has 1 unspecified atom stereocenters. The fraction of sp³-hybridized carbons (Fsp3) is 0.273. The summed E-state index contributed by atoms with van der Waals surface area (Å²) in [5.74, 6) is -1.26. The molecule has 1 N–H and O–H groups in total. The number of alkyl halides is 1. The second kappa shape index (κ2) is 5.85. The minimum absolute atomic E-state index is 0.0983. The van der Waals surface area contributed by atoms with Crippen LogP contribution in [0, 0.1) is 0 Å². The van der Waals surface area contributed by atoms with Gasteiger partial charge in [-0.1, -0.05) is 30.3 Å². The summed E-state index contributed by atoms with van der Waals surface area (Å²) in [7, 11) is 0. The van der Waals surface area contributed by atoms with Crippen LogP contribution in [0.1, 0.15) is 12.5 Å². The Labute approximate surface area is 112 Å². The molecule has 0 heterocycles. The Hall–Kier alpha value is -1.31. The van der Waals surface area contributed by atoms with Crippen LogP contribution in [0.2, 0.25) is 0 Å². The largest absolute Gasteiger partial charge is 0.510 e. The van der Waals surface area contributed by atoms with Gasteiger partial charge in [-0.3, -0.25) is 0 Å². The summed E-state index contributed by atoms with van der Waals surface area (Å²) in [4.78, 5) is 22.5. The number of benzene rings is 1. The summed E-state index contributed by atoms with van der Waals surface area (Å²) in [6.45, 7) is 1.30. The van der Waals surface area contributed by atoms with Gasteiger partial charge in [0, 0.05) is 5.56 Å². The number of carbonyl (C=O) groups is 2. The normalized spacial score (nSPS) is 13.5. The van der Waals surface area contributed by atoms with Crippen LogP contribution in [0.4, 0.5) is 4.79 Å². The smallest absolute Gasteiger partial charge is 0.478 e. The van der Waals surface area contributed by atoms with Gasteiger partial charge in [0.25, 0.3) is 0 Å². The summed E-state index contributed by atoms with van der Waals surface area (Å²) in [6.07, 6.45) is -1.01. The lowest BCUT2D eigenvalue weighted by Gasteiger charge is -2.24. The monoisotopic (exact) mass is 350 g/mol. The highest BCUT2D eigenvalue weighted by Gasteiger charge is 2.40. The summed E-state index contributed by atoms with van der Waals surface area (Å²) < 4.78 is 9.53. The molecule has 1 rings (SSSR count). The number of aliphatic carboxylic acids is 1. The van der Waals surface area contributed by atoms with Crippen LogP contribution in [0.25, 0.3) is 0 Å². The number of carbonyl (C=O) groups excluding carboxylic acids is 1. The molecule has 0 radical (unpaired) electrons. The van der Waals surface area contributed by atoms with E-state index in [2.05, 4.69) is 4.74 Å². The molecule has 0 amide bonds. The molecule has 1 atom stereocenters. The van der Waals surface area contributed by atoms with Gasteiger partial charge in [0.05, 0.1) is 0 Å². The van der Waals surface area contributed by atoms with E-state index in [4.69, 9.17) is 9.84 Å². The quantitative estimate of drug-likeness (QED) is 0.513. The Morgan fingerprint density at radius 3 is 2.41 bits per heavy atom. The number of hydrogen-bond donors (Lipinski definition) is 1. The maximum Gasteiger partial charge on any atom is 0.510 e. The van der Waals surface area contributed by atoms with Crippen LogP contribution in [0.15, 0.2) is 30.3 Å². The van der Waals surface area contributed by atoms with E-state index in [9.17, 15) is 9.59 Å². The Bertz CT molecular complexity index is 406. The minimum atomic E-state index is -1.75. The van der Waals surface area contributed by atoms with Crippen molar-refractivity contribution in [2.24, 2.45) is 0 Å². The van der Waals surface area contributed by atoms with Crippen LogP contribution >= 0.6 is 22.6 Å². The third-order valence-corrected chi connectivity index (χ3v) is 2.50. The molecule has 6 heteroatoms. The first-order valence-electron chi connectivity index (χ1n) is 4.71. The zero-order valence-corrected chi connectivity index (χ0v) is 11.2. The van der Waals surface area contributed by atoms with Crippen molar-refractivity contribution < 1.29 is 24.2 Å². The van der Waals surface area contributed by atoms with Crippen LogP contribution < -0.4 is 0 Å². The van der Waals surface area contributed by atoms with E-state index in [1.165, 1.54) is 6.92 Å². The van der Waals surface area contributed by atoms with Crippen molar-refractivity contribution in [3.63, 3.8) is 0 Å². The molecule has 0 aliphatic carbocycles. The van der Waals surface area contributed by atoms with Crippen molar-refractivity contribution in [3.05, 3.63) is 35.9 Å². The van der Waals surface area contributed by atoms with Crippen LogP contribution in [-0.2, 0) is 19.9 Å². The Morgan fingerprint density at radius 2 is 1.94 bits per heavy atom. The second-order valence-corrected chi connectivity index (χ2v) is 3.93. The number of hydrogen-bond acceptors (Lipinski definition) is 4. The number of ether oxygens (including phenoxy) is 2. The highest BCUT2D eigenvalue weighted by Crippen LogP contribution is 2.26. The third kappa shape index (κ3) is 3.32. The summed E-state index contributed by atoms with van der Waals surface area (Å²) in [5.41, 5.74) is -1.37. The first kappa shape index (κ1) is 13.8. The molecule has 0 saturated heterocycles. The van der Waals surface area contributed by atoms with Gasteiger partial charge in [-0.05, 0) is 29.5 Å². The van der Waals surface area contributed by atoms with Gasteiger partial charge >= 0.3 is 12.1 Å². The molecule has 92 valence electrons. The van der Waals surface area contributed by atoms with E-state index >= 15 is 0 Å². The number of halogens is 1. The van der Waals surface area contributed by atoms with Crippen LogP contribution in [0.3, 0.4) is 0 Å². The van der Waals surface area contributed by atoms with Crippen LogP contribution in [0.5, 0.6) is 0 Å². The van der Waals surface area contributed by atoms with Crippen molar-refractivity contribution in [1.82, 2.24) is 0 Å². The van der Waals surface area contributed by atoms with Gasteiger partial charge in [0.1, 0.15) is 4.61 Å². The molecule has 0 bridgehead atoms. The lowest BCUT2D eigenvalue weighted by molar-refractivity contribution is -0.160. The Morgan fingerprint density at radius 1 is 1.35 bits per heavy atom. The number of carboxylic acids is 1. The SMILES string of the molecule is CC(OC(=O)OCI)(C(=O)O)c1ccccc1.